The van der Waals surface area contributed by atoms with Gasteiger partial charge in [0, 0.05) is 5.56 Å². The molecule has 1 aliphatic carbocycles. The van der Waals surface area contributed by atoms with E-state index in [9.17, 15) is 5.21 Å². The average molecular weight is 197 g/mol. The summed E-state index contributed by atoms with van der Waals surface area (Å²) < 4.78 is 0. The molecule has 0 saturated heterocycles. The van der Waals surface area contributed by atoms with E-state index in [1.165, 1.54) is 10.6 Å². The molecule has 15 heavy (non-hydrogen) atoms. The van der Waals surface area contributed by atoms with Crippen LogP contribution in [0.25, 0.3) is 6.08 Å². The van der Waals surface area contributed by atoms with Crippen molar-refractivity contribution in [3.05, 3.63) is 59.3 Å². The molecule has 0 amide bonds. The molecule has 2 heteroatoms. The van der Waals surface area contributed by atoms with Crippen molar-refractivity contribution < 1.29 is 5.21 Å². The molecule has 0 unspecified atom stereocenters. The molecule has 1 heterocycles. The van der Waals surface area contributed by atoms with Gasteiger partial charge in [-0.1, -0.05) is 30.4 Å². The smallest absolute Gasteiger partial charge is 0.0765 e. The van der Waals surface area contributed by atoms with Crippen molar-refractivity contribution in [2.24, 2.45) is 0 Å². The summed E-state index contributed by atoms with van der Waals surface area (Å²) in [5, 5.41) is 11.3. The Kier molecular flexibility index (Phi) is 1.76. The minimum atomic E-state index is 0.850. The molecule has 1 aromatic rings. The van der Waals surface area contributed by atoms with Crippen molar-refractivity contribution in [2.45, 2.75) is 6.42 Å². The molecule has 74 valence electrons. The predicted octanol–water partition coefficient (Wildman–Crippen LogP) is 3.12. The maximum atomic E-state index is 10.0. The monoisotopic (exact) mass is 197 g/mol. The summed E-state index contributed by atoms with van der Waals surface area (Å²) in [5.74, 6) is 0. The van der Waals surface area contributed by atoms with Crippen LogP contribution in [0.1, 0.15) is 12.0 Å². The van der Waals surface area contributed by atoms with Gasteiger partial charge in [0.05, 0.1) is 11.4 Å². The molecule has 1 aromatic carbocycles. The number of hydrogen-bond acceptors (Lipinski definition) is 2. The maximum absolute atomic E-state index is 10.0. The lowest BCUT2D eigenvalue weighted by molar-refractivity contribution is 0.284. The number of allylic oxidation sites excluding steroid dienone is 4. The highest BCUT2D eigenvalue weighted by Crippen LogP contribution is 2.36. The molecule has 0 fully saturated rings. The largest absolute Gasteiger partial charge is 0.283 e. The van der Waals surface area contributed by atoms with Crippen LogP contribution in [0.3, 0.4) is 0 Å². The summed E-state index contributed by atoms with van der Waals surface area (Å²) in [6, 6.07) is 7.85. The Balaban J connectivity index is 2.21. The molecule has 2 nitrogen and oxygen atoms in total. The van der Waals surface area contributed by atoms with Gasteiger partial charge < -0.3 is 0 Å². The fourth-order valence-electron chi connectivity index (χ4n) is 2.03. The summed E-state index contributed by atoms with van der Waals surface area (Å²) in [7, 11) is 0. The second-order valence-electron chi connectivity index (χ2n) is 3.72. The Bertz CT molecular complexity index is 497. The van der Waals surface area contributed by atoms with Crippen molar-refractivity contribution >= 4 is 11.8 Å². The number of rotatable bonds is 0. The molecule has 3 rings (SSSR count). The zero-order valence-electron chi connectivity index (χ0n) is 8.22. The summed E-state index contributed by atoms with van der Waals surface area (Å²) in [5.41, 5.74) is 3.97. The highest BCUT2D eigenvalue weighted by molar-refractivity contribution is 5.78. The second-order valence-corrected chi connectivity index (χ2v) is 3.72. The van der Waals surface area contributed by atoms with Gasteiger partial charge in [-0.15, -0.1) is 0 Å². The molecule has 1 N–H and O–H groups in total. The number of fused-ring (bicyclic) bond motifs is 2. The van der Waals surface area contributed by atoms with E-state index in [1.54, 1.807) is 0 Å². The SMILES string of the molecule is ON1C2=CC=CCC2=Cc2ccccc21. The molecular weight excluding hydrogens is 186 g/mol. The van der Waals surface area contributed by atoms with Gasteiger partial charge in [0.1, 0.15) is 0 Å². The summed E-state index contributed by atoms with van der Waals surface area (Å²) in [6.07, 6.45) is 9.03. The first-order valence-electron chi connectivity index (χ1n) is 5.02. The lowest BCUT2D eigenvalue weighted by atomic mass is 9.96. The zero-order valence-corrected chi connectivity index (χ0v) is 8.22. The first-order valence-corrected chi connectivity index (χ1v) is 5.02. The normalized spacial score (nSPS) is 17.8. The number of benzene rings is 1. The quantitative estimate of drug-likeness (QED) is 0.690. The van der Waals surface area contributed by atoms with Crippen molar-refractivity contribution in [1.82, 2.24) is 0 Å². The topological polar surface area (TPSA) is 23.5 Å². The van der Waals surface area contributed by atoms with E-state index in [0.717, 1.165) is 23.4 Å². The molecule has 2 aliphatic rings. The fraction of sp³-hybridized carbons (Fsp3) is 0.0769. The van der Waals surface area contributed by atoms with Gasteiger partial charge >= 0.3 is 0 Å². The number of nitrogens with zero attached hydrogens (tertiary/aromatic N) is 1. The first-order chi connectivity index (χ1) is 7.36. The first kappa shape index (κ1) is 8.50. The minimum absolute atomic E-state index is 0.850. The van der Waals surface area contributed by atoms with Crippen LogP contribution in [-0.4, -0.2) is 5.21 Å². The van der Waals surface area contributed by atoms with Gasteiger partial charge in [-0.05, 0) is 30.2 Å². The van der Waals surface area contributed by atoms with Crippen LogP contribution in [0.15, 0.2) is 53.8 Å². The Morgan fingerprint density at radius 1 is 1.20 bits per heavy atom. The molecule has 0 atom stereocenters. The van der Waals surface area contributed by atoms with E-state index in [1.807, 2.05) is 36.4 Å². The van der Waals surface area contributed by atoms with E-state index in [0.29, 0.717) is 0 Å². The standard InChI is InChI=1S/C13H11NO/c15-14-12-7-3-1-5-10(12)9-11-6-2-4-8-13(11)14/h1-5,7-9,15H,6H2. The van der Waals surface area contributed by atoms with Crippen LogP contribution in [0.5, 0.6) is 0 Å². The predicted molar refractivity (Wildman–Crippen MR) is 60.5 cm³/mol. The van der Waals surface area contributed by atoms with E-state index in [2.05, 4.69) is 12.2 Å². The molecule has 1 aliphatic heterocycles. The van der Waals surface area contributed by atoms with Crippen molar-refractivity contribution in [2.75, 3.05) is 5.06 Å². The number of para-hydroxylation sites is 1. The zero-order chi connectivity index (χ0) is 10.3. The maximum Gasteiger partial charge on any atom is 0.0765 e. The molecule has 0 saturated carbocycles. The molecule has 0 aromatic heterocycles. The Morgan fingerprint density at radius 3 is 3.00 bits per heavy atom. The van der Waals surface area contributed by atoms with Gasteiger partial charge in [-0.3, -0.25) is 5.21 Å². The highest BCUT2D eigenvalue weighted by Gasteiger charge is 2.21. The second kappa shape index (κ2) is 3.11. The van der Waals surface area contributed by atoms with Crippen LogP contribution in [0.4, 0.5) is 5.69 Å². The Hall–Kier alpha value is -1.80. The van der Waals surface area contributed by atoms with Crippen LogP contribution in [0.2, 0.25) is 0 Å². The van der Waals surface area contributed by atoms with Crippen molar-refractivity contribution in [3.8, 4) is 0 Å². The lowest BCUT2D eigenvalue weighted by Crippen LogP contribution is -2.23. The molecular formula is C13H11NO. The van der Waals surface area contributed by atoms with E-state index in [-0.39, 0.29) is 0 Å². The molecule has 0 radical (unpaired) electrons. The van der Waals surface area contributed by atoms with Gasteiger partial charge in [0.15, 0.2) is 0 Å². The average Bonchev–Trinajstić information content (AvgIpc) is 2.30. The number of anilines is 1. The van der Waals surface area contributed by atoms with E-state index >= 15 is 0 Å². The van der Waals surface area contributed by atoms with Gasteiger partial charge in [-0.25, -0.2) is 5.06 Å². The van der Waals surface area contributed by atoms with E-state index in [4.69, 9.17) is 0 Å². The summed E-state index contributed by atoms with van der Waals surface area (Å²) in [4.78, 5) is 0. The number of hydrogen-bond donors (Lipinski definition) is 1. The Morgan fingerprint density at radius 2 is 2.07 bits per heavy atom. The highest BCUT2D eigenvalue weighted by atomic mass is 16.5. The van der Waals surface area contributed by atoms with Gasteiger partial charge in [-0.2, -0.15) is 0 Å². The third-order valence-corrected chi connectivity index (χ3v) is 2.78. The van der Waals surface area contributed by atoms with Gasteiger partial charge in [0.25, 0.3) is 0 Å². The van der Waals surface area contributed by atoms with E-state index < -0.39 is 0 Å². The van der Waals surface area contributed by atoms with Crippen LogP contribution < -0.4 is 5.06 Å². The summed E-state index contributed by atoms with van der Waals surface area (Å²) >= 11 is 0. The fourth-order valence-corrected chi connectivity index (χ4v) is 2.03. The van der Waals surface area contributed by atoms with Crippen LogP contribution in [-0.2, 0) is 0 Å². The molecule has 0 bridgehead atoms. The van der Waals surface area contributed by atoms with Crippen LogP contribution in [0, 0.1) is 0 Å². The number of hydroxylamine groups is 1. The van der Waals surface area contributed by atoms with Crippen LogP contribution >= 0.6 is 0 Å². The van der Waals surface area contributed by atoms with Crippen molar-refractivity contribution in [3.63, 3.8) is 0 Å². The lowest BCUT2D eigenvalue weighted by Gasteiger charge is -2.29. The van der Waals surface area contributed by atoms with Crippen molar-refractivity contribution in [1.29, 1.82) is 0 Å². The third kappa shape index (κ3) is 1.22. The van der Waals surface area contributed by atoms with Gasteiger partial charge in [0.2, 0.25) is 0 Å². The third-order valence-electron chi connectivity index (χ3n) is 2.78. The minimum Gasteiger partial charge on any atom is -0.283 e. The molecule has 0 spiro atoms. The Labute approximate surface area is 88.4 Å². The summed E-state index contributed by atoms with van der Waals surface area (Å²) in [6.45, 7) is 0.